The molecule has 3 rings (SSSR count). The molecular weight excluding hydrogens is 322 g/mol. The Balaban J connectivity index is 1.67. The predicted octanol–water partition coefficient (Wildman–Crippen LogP) is 2.88. The van der Waals surface area contributed by atoms with Crippen LogP contribution in [0.15, 0.2) is 16.6 Å². The molecule has 110 valence electrons. The molecule has 2 bridgehead atoms. The number of fused-ring (bicyclic) bond motifs is 2. The minimum atomic E-state index is 0.406. The number of halogens is 1. The monoisotopic (exact) mass is 341 g/mol. The largest absolute Gasteiger partial charge is 0.493 e. The molecule has 1 aromatic rings. The van der Waals surface area contributed by atoms with E-state index >= 15 is 0 Å². The fourth-order valence-corrected chi connectivity index (χ4v) is 3.83. The van der Waals surface area contributed by atoms with Crippen molar-refractivity contribution in [2.45, 2.75) is 44.1 Å². The van der Waals surface area contributed by atoms with Crippen molar-refractivity contribution in [2.75, 3.05) is 14.2 Å². The van der Waals surface area contributed by atoms with E-state index in [1.165, 1.54) is 18.4 Å². The average Bonchev–Trinajstić information content (AvgIpc) is 3.06. The highest BCUT2D eigenvalue weighted by molar-refractivity contribution is 9.10. The van der Waals surface area contributed by atoms with Gasteiger partial charge >= 0.3 is 0 Å². The minimum absolute atomic E-state index is 0.406. The van der Waals surface area contributed by atoms with E-state index in [0.717, 1.165) is 28.9 Å². The van der Waals surface area contributed by atoms with Gasteiger partial charge in [0.15, 0.2) is 11.5 Å². The van der Waals surface area contributed by atoms with E-state index in [2.05, 4.69) is 27.3 Å². The molecule has 3 atom stereocenters. The number of hydrogen-bond donors (Lipinski definition) is 1. The first kappa shape index (κ1) is 14.2. The summed E-state index contributed by atoms with van der Waals surface area (Å²) in [6.45, 7) is 0.816. The highest BCUT2D eigenvalue weighted by Crippen LogP contribution is 2.37. The Hall–Kier alpha value is -0.780. The number of ether oxygens (including phenoxy) is 3. The number of nitrogens with one attached hydrogen (secondary N) is 1. The minimum Gasteiger partial charge on any atom is -0.493 e. The summed E-state index contributed by atoms with van der Waals surface area (Å²) >= 11 is 3.53. The fourth-order valence-electron chi connectivity index (χ4n) is 3.17. The molecule has 5 heteroatoms. The van der Waals surface area contributed by atoms with Crippen molar-refractivity contribution in [3.8, 4) is 11.5 Å². The van der Waals surface area contributed by atoms with E-state index < -0.39 is 0 Å². The third-order valence-corrected chi connectivity index (χ3v) is 4.76. The molecule has 2 fully saturated rings. The van der Waals surface area contributed by atoms with Gasteiger partial charge in [-0.15, -0.1) is 0 Å². The SMILES string of the molecule is COc1cc(CNC2CC3CCC2O3)cc(Br)c1OC. The van der Waals surface area contributed by atoms with Crippen LogP contribution in [-0.2, 0) is 11.3 Å². The van der Waals surface area contributed by atoms with Crippen LogP contribution in [-0.4, -0.2) is 32.5 Å². The van der Waals surface area contributed by atoms with Gasteiger partial charge in [0.2, 0.25) is 0 Å². The summed E-state index contributed by atoms with van der Waals surface area (Å²) < 4.78 is 17.5. The average molecular weight is 342 g/mol. The van der Waals surface area contributed by atoms with Gasteiger partial charge in [-0.1, -0.05) is 0 Å². The fraction of sp³-hybridized carbons (Fsp3) is 0.600. The lowest BCUT2D eigenvalue weighted by atomic mass is 9.95. The van der Waals surface area contributed by atoms with Gasteiger partial charge in [-0.2, -0.15) is 0 Å². The quantitative estimate of drug-likeness (QED) is 0.893. The Kier molecular flexibility index (Phi) is 4.19. The van der Waals surface area contributed by atoms with E-state index in [4.69, 9.17) is 14.2 Å². The maximum Gasteiger partial charge on any atom is 0.174 e. The zero-order valence-electron chi connectivity index (χ0n) is 11.8. The van der Waals surface area contributed by atoms with E-state index in [1.807, 2.05) is 6.07 Å². The second kappa shape index (κ2) is 5.92. The zero-order valence-corrected chi connectivity index (χ0v) is 13.4. The third kappa shape index (κ3) is 2.67. The summed E-state index contributed by atoms with van der Waals surface area (Å²) in [5.74, 6) is 1.49. The normalized spacial score (nSPS) is 27.9. The predicted molar refractivity (Wildman–Crippen MR) is 80.4 cm³/mol. The maximum absolute atomic E-state index is 5.86. The van der Waals surface area contributed by atoms with Crippen LogP contribution in [0, 0.1) is 0 Å². The molecular formula is C15H20BrNO3. The van der Waals surface area contributed by atoms with Crippen molar-refractivity contribution in [3.63, 3.8) is 0 Å². The molecule has 2 saturated heterocycles. The van der Waals surface area contributed by atoms with Gasteiger partial charge < -0.3 is 19.5 Å². The van der Waals surface area contributed by atoms with Gasteiger partial charge in [-0.25, -0.2) is 0 Å². The molecule has 0 aliphatic carbocycles. The van der Waals surface area contributed by atoms with Gasteiger partial charge in [0.05, 0.1) is 30.9 Å². The summed E-state index contributed by atoms with van der Waals surface area (Å²) in [5, 5.41) is 3.60. The second-order valence-electron chi connectivity index (χ2n) is 5.41. The lowest BCUT2D eigenvalue weighted by molar-refractivity contribution is 0.0973. The maximum atomic E-state index is 5.86. The topological polar surface area (TPSA) is 39.7 Å². The molecule has 1 N–H and O–H groups in total. The number of benzene rings is 1. The zero-order chi connectivity index (χ0) is 14.1. The Morgan fingerprint density at radius 2 is 2.15 bits per heavy atom. The Bertz CT molecular complexity index is 494. The van der Waals surface area contributed by atoms with Crippen LogP contribution in [0.2, 0.25) is 0 Å². The molecule has 2 heterocycles. The first-order chi connectivity index (χ1) is 9.71. The van der Waals surface area contributed by atoms with Crippen LogP contribution in [0.25, 0.3) is 0 Å². The van der Waals surface area contributed by atoms with Crippen LogP contribution in [0.5, 0.6) is 11.5 Å². The molecule has 2 aliphatic heterocycles. The third-order valence-electron chi connectivity index (χ3n) is 4.17. The first-order valence-electron chi connectivity index (χ1n) is 7.00. The van der Waals surface area contributed by atoms with E-state index in [9.17, 15) is 0 Å². The number of hydrogen-bond acceptors (Lipinski definition) is 4. The summed E-state index contributed by atoms with van der Waals surface area (Å²) in [7, 11) is 3.30. The van der Waals surface area contributed by atoms with E-state index in [0.29, 0.717) is 18.2 Å². The van der Waals surface area contributed by atoms with Crippen LogP contribution in [0.1, 0.15) is 24.8 Å². The molecule has 0 radical (unpaired) electrons. The van der Waals surface area contributed by atoms with Crippen molar-refractivity contribution < 1.29 is 14.2 Å². The first-order valence-corrected chi connectivity index (χ1v) is 7.79. The number of rotatable bonds is 5. The molecule has 4 nitrogen and oxygen atoms in total. The lowest BCUT2D eigenvalue weighted by Gasteiger charge is -2.20. The molecule has 0 spiro atoms. The molecule has 1 aromatic carbocycles. The van der Waals surface area contributed by atoms with E-state index in [1.54, 1.807) is 14.2 Å². The highest BCUT2D eigenvalue weighted by Gasteiger charge is 2.40. The van der Waals surface area contributed by atoms with Crippen LogP contribution >= 0.6 is 15.9 Å². The number of methoxy groups -OCH3 is 2. The summed E-state index contributed by atoms with van der Waals surface area (Å²) in [4.78, 5) is 0. The van der Waals surface area contributed by atoms with Gasteiger partial charge in [0.1, 0.15) is 0 Å². The molecule has 0 saturated carbocycles. The van der Waals surface area contributed by atoms with Crippen molar-refractivity contribution in [2.24, 2.45) is 0 Å². The van der Waals surface area contributed by atoms with Crippen LogP contribution in [0.4, 0.5) is 0 Å². The molecule has 3 unspecified atom stereocenters. The Morgan fingerprint density at radius 3 is 2.75 bits per heavy atom. The van der Waals surface area contributed by atoms with Crippen LogP contribution < -0.4 is 14.8 Å². The van der Waals surface area contributed by atoms with Crippen LogP contribution in [0.3, 0.4) is 0 Å². The second-order valence-corrected chi connectivity index (χ2v) is 6.26. The standard InChI is InChI=1S/C15H20BrNO3/c1-18-14-6-9(5-11(16)15(14)19-2)8-17-12-7-10-3-4-13(12)20-10/h5-6,10,12-13,17H,3-4,7-8H2,1-2H3. The highest BCUT2D eigenvalue weighted by atomic mass is 79.9. The van der Waals surface area contributed by atoms with E-state index in [-0.39, 0.29) is 0 Å². The van der Waals surface area contributed by atoms with Gasteiger partial charge in [0, 0.05) is 12.6 Å². The molecule has 20 heavy (non-hydrogen) atoms. The van der Waals surface area contributed by atoms with Crippen molar-refractivity contribution in [3.05, 3.63) is 22.2 Å². The molecule has 2 aliphatic rings. The van der Waals surface area contributed by atoms with Gasteiger partial charge in [0.25, 0.3) is 0 Å². The van der Waals surface area contributed by atoms with Gasteiger partial charge in [-0.3, -0.25) is 0 Å². The summed E-state index contributed by atoms with van der Waals surface area (Å²) in [5.41, 5.74) is 1.18. The lowest BCUT2D eigenvalue weighted by Crippen LogP contribution is -2.36. The van der Waals surface area contributed by atoms with Crippen molar-refractivity contribution in [1.29, 1.82) is 0 Å². The summed E-state index contributed by atoms with van der Waals surface area (Å²) in [6, 6.07) is 4.58. The Labute approximate surface area is 127 Å². The smallest absolute Gasteiger partial charge is 0.174 e. The van der Waals surface area contributed by atoms with Gasteiger partial charge in [-0.05, 0) is 52.9 Å². The molecule has 0 amide bonds. The Morgan fingerprint density at radius 1 is 1.30 bits per heavy atom. The molecule has 0 aromatic heterocycles. The van der Waals surface area contributed by atoms with Crippen molar-refractivity contribution in [1.82, 2.24) is 5.32 Å². The summed E-state index contributed by atoms with van der Waals surface area (Å²) in [6.07, 6.45) is 4.44. The van der Waals surface area contributed by atoms with Crippen molar-refractivity contribution >= 4 is 15.9 Å².